The Morgan fingerprint density at radius 2 is 0.881 bits per heavy atom. The number of carbonyl (C=O) groups is 8. The van der Waals surface area contributed by atoms with Crippen molar-refractivity contribution in [2.75, 3.05) is 31.1 Å². The fourth-order valence-corrected chi connectivity index (χ4v) is 9.55. The number of benzene rings is 3. The van der Waals surface area contributed by atoms with E-state index in [-0.39, 0.29) is 93.6 Å². The number of hydrogen-bond acceptors (Lipinski definition) is 15. The van der Waals surface area contributed by atoms with Gasteiger partial charge in [0.05, 0.1) is 6.04 Å². The van der Waals surface area contributed by atoms with Crippen LogP contribution in [0.4, 0.5) is 0 Å². The van der Waals surface area contributed by atoms with Crippen molar-refractivity contribution >= 4 is 106 Å². The van der Waals surface area contributed by atoms with E-state index in [2.05, 4.69) is 82.4 Å². The van der Waals surface area contributed by atoms with E-state index in [1.54, 1.807) is 18.5 Å². The van der Waals surface area contributed by atoms with Gasteiger partial charge in [0.2, 0.25) is 41.4 Å². The van der Waals surface area contributed by atoms with Crippen LogP contribution >= 0.6 is 25.3 Å². The molecule has 8 atom stereocenters. The Morgan fingerprint density at radius 1 is 0.488 bits per heavy atom. The summed E-state index contributed by atoms with van der Waals surface area (Å²) in [5.74, 6) is -8.23. The number of carboxylic acids is 1. The van der Waals surface area contributed by atoms with Crippen LogP contribution in [0.3, 0.4) is 0 Å². The number of para-hydroxylation sites is 2. The first kappa shape index (κ1) is 66.3. The number of aromatic amines is 2. The van der Waals surface area contributed by atoms with Gasteiger partial charge in [-0.2, -0.15) is 25.3 Å². The highest BCUT2D eigenvalue weighted by Gasteiger charge is 2.35. The molecule has 0 fully saturated rings. The van der Waals surface area contributed by atoms with Crippen molar-refractivity contribution in [3.63, 3.8) is 0 Å². The molecule has 2 aromatic heterocycles. The van der Waals surface area contributed by atoms with E-state index >= 15 is 0 Å². The monoisotopic (exact) mass is 1200 g/mol. The minimum atomic E-state index is -1.49. The van der Waals surface area contributed by atoms with Gasteiger partial charge in [-0.15, -0.1) is 0 Å². The van der Waals surface area contributed by atoms with Gasteiger partial charge in [0.25, 0.3) is 0 Å². The number of nitrogens with two attached hydrogens (primary N) is 6. The lowest BCUT2D eigenvalue weighted by molar-refractivity contribution is -0.142. The van der Waals surface area contributed by atoms with Crippen molar-refractivity contribution in [2.24, 2.45) is 44.4 Å². The minimum Gasteiger partial charge on any atom is -0.508 e. The Kier molecular flexibility index (Phi) is 26.5. The number of phenolic OH excluding ortho intramolecular Hbond substituents is 1. The third kappa shape index (κ3) is 20.7. The number of aromatic hydroxyl groups is 1. The molecule has 3 aromatic carbocycles. The van der Waals surface area contributed by atoms with Gasteiger partial charge in [-0.1, -0.05) is 48.5 Å². The first-order chi connectivity index (χ1) is 40.2. The molecule has 0 unspecified atom stereocenters. The third-order valence-corrected chi connectivity index (χ3v) is 14.3. The highest BCUT2D eigenvalue weighted by molar-refractivity contribution is 7.80. The number of fused-ring (bicyclic) bond motifs is 2. The van der Waals surface area contributed by atoms with Crippen molar-refractivity contribution in [1.29, 1.82) is 0 Å². The second-order valence-electron chi connectivity index (χ2n) is 19.9. The number of phenols is 1. The van der Waals surface area contributed by atoms with Gasteiger partial charge in [-0.05, 0) is 98.9 Å². The number of guanidine groups is 2. The molecule has 23 N–H and O–H groups in total. The molecule has 0 saturated heterocycles. The maximum atomic E-state index is 14.9. The minimum absolute atomic E-state index is 0.00170. The molecule has 454 valence electrons. The number of nitrogens with zero attached hydrogens (tertiary/aromatic N) is 2. The first-order valence-electron chi connectivity index (χ1n) is 27.2. The third-order valence-electron chi connectivity index (χ3n) is 13.5. The zero-order chi connectivity index (χ0) is 61.3. The van der Waals surface area contributed by atoms with Crippen LogP contribution in [0.1, 0.15) is 61.6 Å². The molecule has 0 aliphatic rings. The first-order valence-corrected chi connectivity index (χ1v) is 28.5. The van der Waals surface area contributed by atoms with Crippen LogP contribution in [-0.2, 0) is 57.6 Å². The van der Waals surface area contributed by atoms with Crippen molar-refractivity contribution in [3.8, 4) is 5.75 Å². The van der Waals surface area contributed by atoms with Crippen molar-refractivity contribution in [1.82, 2.24) is 47.2 Å². The van der Waals surface area contributed by atoms with E-state index in [9.17, 15) is 48.6 Å². The highest BCUT2D eigenvalue weighted by Crippen LogP contribution is 2.21. The molecule has 7 amide bonds. The Hall–Kier alpha value is -8.54. The molecule has 2 heterocycles. The van der Waals surface area contributed by atoms with Gasteiger partial charge >= 0.3 is 5.97 Å². The molecule has 0 aliphatic heterocycles. The van der Waals surface area contributed by atoms with Crippen LogP contribution in [0.5, 0.6) is 5.75 Å². The van der Waals surface area contributed by atoms with Crippen LogP contribution in [-0.4, -0.2) is 159 Å². The molecule has 0 aliphatic carbocycles. The number of thiol groups is 2. The molecule has 0 radical (unpaired) electrons. The van der Waals surface area contributed by atoms with Crippen LogP contribution in [0, 0.1) is 0 Å². The van der Waals surface area contributed by atoms with Crippen LogP contribution in [0.15, 0.2) is 95.2 Å². The van der Waals surface area contributed by atoms with E-state index in [1.165, 1.54) is 24.3 Å². The number of aliphatic carboxylic acids is 1. The number of unbranched alkanes of at least 4 members (excludes halogenated alkanes) is 1. The maximum absolute atomic E-state index is 14.9. The summed E-state index contributed by atoms with van der Waals surface area (Å²) >= 11 is 8.57. The van der Waals surface area contributed by atoms with Gasteiger partial charge in [0, 0.05) is 71.6 Å². The number of carboxylic acid groups (broad SMARTS) is 1. The van der Waals surface area contributed by atoms with Gasteiger partial charge in [0.15, 0.2) is 11.9 Å². The fraction of sp³-hybridized carbons (Fsp3) is 0.418. The summed E-state index contributed by atoms with van der Waals surface area (Å²) in [6.07, 6.45) is 4.44. The highest BCUT2D eigenvalue weighted by atomic mass is 32.1. The number of amides is 7. The number of carbonyl (C=O) groups excluding carboxylic acids is 7. The largest absolute Gasteiger partial charge is 0.508 e. The van der Waals surface area contributed by atoms with Gasteiger partial charge in [-0.3, -0.25) is 43.5 Å². The molecule has 0 bridgehead atoms. The normalized spacial score (nSPS) is 14.0. The van der Waals surface area contributed by atoms with Crippen molar-refractivity contribution < 1.29 is 48.6 Å². The SMILES string of the molecule is NCCCC[C@H](NC(=O)[C@H](CS)NC(=O)[C@H](CCCN=C(N)N)NC(=O)[C@H](CS)NC(=O)[C@H](Cc1ccc(O)cc1)NC(=O)[C@H](Cc1c[nH]c2ccccc12)NC(=O)[C@H](CCCN=C(N)N)NC(=O)[C@@H](N)Cc1c[nH]c2ccccc12)C(=O)O. The lowest BCUT2D eigenvalue weighted by Gasteiger charge is -2.27. The lowest BCUT2D eigenvalue weighted by Crippen LogP contribution is -2.61. The average Bonchev–Trinajstić information content (AvgIpc) is 4.24. The van der Waals surface area contributed by atoms with E-state index in [0.29, 0.717) is 30.5 Å². The zero-order valence-corrected chi connectivity index (χ0v) is 48.0. The van der Waals surface area contributed by atoms with Crippen LogP contribution in [0.25, 0.3) is 21.8 Å². The maximum Gasteiger partial charge on any atom is 0.326 e. The standard InChI is InChI=1S/C55H77N17O10S2/c56-20-6-5-13-41(53(81)82)68-52(80)45(29-84)71-48(76)40(15-8-22-63-55(60)61)67-51(79)44(28-83)72-49(77)42(23-30-16-18-33(73)19-17-30)69-50(78)43(25-32-27-65-38-12-4-2-10-35(32)38)70-47(75)39(14-7-21-62-54(58)59)66-46(74)36(57)24-31-26-64-37-11-3-1-9-34(31)37/h1-4,9-12,16-19,26-27,36,39-45,64-65,73,83-84H,5-8,13-15,20-25,28-29,56-57H2,(H,66,74)(H,67,79)(H,68,80)(H,69,78)(H,70,75)(H,71,76)(H,72,77)(H,81,82)(H4,58,59,62)(H4,60,61,63)/t36-,39-,40-,41-,42-,43-,44-,45-/m0/s1. The summed E-state index contributed by atoms with van der Waals surface area (Å²) < 4.78 is 0. The van der Waals surface area contributed by atoms with Gasteiger partial charge in [0.1, 0.15) is 48.0 Å². The van der Waals surface area contributed by atoms with E-state index in [4.69, 9.17) is 34.4 Å². The number of nitrogens with one attached hydrogen (secondary N) is 9. The molecule has 5 rings (SSSR count). The fourth-order valence-electron chi connectivity index (χ4n) is 9.03. The Labute approximate surface area is 495 Å². The topological polar surface area (TPSA) is 474 Å². The molecular weight excluding hydrogens is 1120 g/mol. The number of aromatic nitrogens is 2. The number of aliphatic imine (C=N–C) groups is 2. The van der Waals surface area contributed by atoms with Crippen LogP contribution in [0.2, 0.25) is 0 Å². The van der Waals surface area contributed by atoms with E-state index in [0.717, 1.165) is 27.4 Å². The summed E-state index contributed by atoms with van der Waals surface area (Å²) in [6, 6.07) is 9.72. The summed E-state index contributed by atoms with van der Waals surface area (Å²) in [7, 11) is 0. The summed E-state index contributed by atoms with van der Waals surface area (Å²) in [4.78, 5) is 126. The molecule has 0 spiro atoms. The molecular formula is C55H77N17O10S2. The number of rotatable bonds is 35. The molecule has 0 saturated carbocycles. The quantitative estimate of drug-likeness (QED) is 0.00929. The van der Waals surface area contributed by atoms with Gasteiger partial charge in [-0.25, -0.2) is 4.79 Å². The lowest BCUT2D eigenvalue weighted by atomic mass is 10.0. The van der Waals surface area contributed by atoms with Crippen molar-refractivity contribution in [2.45, 2.75) is 113 Å². The number of hydrogen-bond donors (Lipinski definition) is 19. The van der Waals surface area contributed by atoms with E-state index in [1.807, 2.05) is 42.5 Å². The molecule has 27 nitrogen and oxygen atoms in total. The summed E-state index contributed by atoms with van der Waals surface area (Å²) in [5.41, 5.74) is 37.6. The van der Waals surface area contributed by atoms with E-state index < -0.39 is 95.7 Å². The Balaban J connectivity index is 1.41. The predicted molar refractivity (Wildman–Crippen MR) is 325 cm³/mol. The second kappa shape index (κ2) is 33.5. The molecule has 29 heteroatoms. The Morgan fingerprint density at radius 3 is 1.35 bits per heavy atom. The summed E-state index contributed by atoms with van der Waals surface area (Å²) in [6.45, 7) is 0.443. The second-order valence-corrected chi connectivity index (χ2v) is 20.6. The zero-order valence-electron chi connectivity index (χ0n) is 46.2. The Bertz CT molecular complexity index is 3090. The number of H-pyrrole nitrogens is 2. The predicted octanol–water partition coefficient (Wildman–Crippen LogP) is -1.72. The average molecular weight is 1200 g/mol. The summed E-state index contributed by atoms with van der Waals surface area (Å²) in [5, 5.41) is 39.9. The van der Waals surface area contributed by atoms with Gasteiger partial charge < -0.3 is 91.8 Å². The van der Waals surface area contributed by atoms with Crippen molar-refractivity contribution in [3.05, 3.63) is 102 Å². The van der Waals surface area contributed by atoms with Crippen LogP contribution < -0.4 is 71.6 Å². The molecule has 84 heavy (non-hydrogen) atoms. The smallest absolute Gasteiger partial charge is 0.326 e. The molecule has 5 aromatic rings.